The predicted molar refractivity (Wildman–Crippen MR) is 22.3 cm³/mol. The van der Waals surface area contributed by atoms with E-state index in [1.165, 1.54) is 0 Å². The van der Waals surface area contributed by atoms with Crippen molar-refractivity contribution in [2.75, 3.05) is 0 Å². The van der Waals surface area contributed by atoms with Crippen LogP contribution in [0.25, 0.3) is 0 Å². The molecule has 1 aliphatic rings. The molecule has 1 saturated heterocycles. The first-order valence-corrected chi connectivity index (χ1v) is 2.37. The third-order valence-corrected chi connectivity index (χ3v) is 0.871. The van der Waals surface area contributed by atoms with E-state index in [1.807, 2.05) is 0 Å². The quantitative estimate of drug-likeness (QED) is 0.230. The summed E-state index contributed by atoms with van der Waals surface area (Å²) in [5, 5.41) is 36.8. The van der Waals surface area contributed by atoms with E-state index >= 15 is 0 Å². The van der Waals surface area contributed by atoms with E-state index in [0.29, 0.717) is 0 Å². The number of hydrogen-bond donors (Lipinski definition) is 4. The van der Waals surface area contributed by atoms with Crippen molar-refractivity contribution in [3.05, 3.63) is 20.8 Å². The zero-order chi connectivity index (χ0) is 8.43. The maximum atomic E-state index is 10.4. The molecule has 0 spiro atoms. The molecular weight excluding hydrogens is 293 g/mol. The first kappa shape index (κ1) is 12.3. The Morgan fingerprint density at radius 3 is 2.25 bits per heavy atom. The van der Waals surface area contributed by atoms with Crippen molar-refractivity contribution in [2.24, 2.45) is 0 Å². The van der Waals surface area contributed by atoms with Crippen molar-refractivity contribution in [3.63, 3.8) is 0 Å². The molecule has 12 heteroatoms. The molecule has 1 aliphatic heterocycles. The third kappa shape index (κ3) is 2.39. The molecular formula is H5IN5O6-. The van der Waals surface area contributed by atoms with E-state index in [1.54, 1.807) is 0 Å². The molecule has 3 unspecified atom stereocenters. The van der Waals surface area contributed by atoms with E-state index in [-0.39, 0.29) is 34.8 Å². The number of nitrogens with one attached hydrogen (secondary N) is 3. The van der Waals surface area contributed by atoms with Gasteiger partial charge in [0.15, 0.2) is 0 Å². The highest BCUT2D eigenvalue weighted by molar-refractivity contribution is 3.92. The molecule has 0 bridgehead atoms. The van der Waals surface area contributed by atoms with E-state index in [4.69, 9.17) is 0 Å². The predicted octanol–water partition coefficient (Wildman–Crippen LogP) is -10.0. The Balaban J connectivity index is 0.00000121. The summed E-state index contributed by atoms with van der Waals surface area (Å²) >= 11 is 0. The SMILES string of the molecule is [I-].[O-][NH2+]O[NH+]([O-])N1[NH+]([O-])O[NH+]1[O-]. The highest BCUT2D eigenvalue weighted by atomic mass is 127. The molecule has 0 aromatic carbocycles. The molecule has 0 aromatic heterocycles. The Morgan fingerprint density at radius 2 is 1.92 bits per heavy atom. The highest BCUT2D eigenvalue weighted by Gasteiger charge is 2.46. The molecule has 12 heavy (non-hydrogen) atoms. The molecule has 0 aromatic rings. The maximum absolute atomic E-state index is 10.4. The van der Waals surface area contributed by atoms with Gasteiger partial charge >= 0.3 is 0 Å². The zero-order valence-electron chi connectivity index (χ0n) is 5.35. The van der Waals surface area contributed by atoms with Crippen LogP contribution in [-0.4, -0.2) is 5.23 Å². The lowest BCUT2D eigenvalue weighted by Crippen LogP contribution is -3.63. The van der Waals surface area contributed by atoms with Crippen LogP contribution >= 0.6 is 0 Å². The van der Waals surface area contributed by atoms with Gasteiger partial charge in [-0.15, -0.1) is 0 Å². The van der Waals surface area contributed by atoms with Crippen molar-refractivity contribution in [1.82, 2.24) is 5.23 Å². The second-order valence-corrected chi connectivity index (χ2v) is 1.45. The normalized spacial score (nSPS) is 32.0. The van der Waals surface area contributed by atoms with Gasteiger partial charge < -0.3 is 44.8 Å². The number of hydrogen-bond acceptors (Lipinski definition) is 7. The second-order valence-electron chi connectivity index (χ2n) is 1.45. The molecule has 5 N–H and O–H groups in total. The molecule has 1 heterocycles. The third-order valence-electron chi connectivity index (χ3n) is 0.871. The van der Waals surface area contributed by atoms with Crippen LogP contribution < -0.4 is 45.6 Å². The lowest BCUT2D eigenvalue weighted by molar-refractivity contribution is -1.70. The van der Waals surface area contributed by atoms with Crippen molar-refractivity contribution < 1.29 is 55.5 Å². The van der Waals surface area contributed by atoms with E-state index < -0.39 is 16.0 Å². The molecule has 1 fully saturated rings. The molecule has 0 radical (unpaired) electrons. The van der Waals surface area contributed by atoms with Gasteiger partial charge in [0.25, 0.3) is 5.23 Å². The van der Waals surface area contributed by atoms with Gasteiger partial charge in [-0.2, -0.15) is 5.64 Å². The average Bonchev–Trinajstić information content (AvgIpc) is 1.87. The molecule has 0 amide bonds. The lowest BCUT2D eigenvalue weighted by Gasteiger charge is -2.39. The van der Waals surface area contributed by atoms with Crippen molar-refractivity contribution >= 4 is 0 Å². The smallest absolute Gasteiger partial charge is 0.281 e. The summed E-state index contributed by atoms with van der Waals surface area (Å²) in [6.07, 6.45) is 0. The van der Waals surface area contributed by atoms with Gasteiger partial charge in [-0.25, -0.2) is 0 Å². The fraction of sp³-hybridized carbons (Fsp3) is 0. The highest BCUT2D eigenvalue weighted by Crippen LogP contribution is 1.52. The Kier molecular flexibility index (Phi) is 5.24. The number of quaternary nitrogens is 4. The van der Waals surface area contributed by atoms with Gasteiger partial charge in [-0.1, -0.05) is 0 Å². The van der Waals surface area contributed by atoms with Gasteiger partial charge in [0.2, 0.25) is 0 Å². The van der Waals surface area contributed by atoms with Crippen LogP contribution in [0.3, 0.4) is 0 Å². The minimum atomic E-state index is -1.36. The van der Waals surface area contributed by atoms with Gasteiger partial charge in [0, 0.05) is 20.9 Å². The van der Waals surface area contributed by atoms with Crippen LogP contribution in [0, 0.1) is 20.8 Å². The largest absolute Gasteiger partial charge is 1.00 e. The Hall–Kier alpha value is 0.290. The fourth-order valence-corrected chi connectivity index (χ4v) is 0.444. The Labute approximate surface area is 82.0 Å². The van der Waals surface area contributed by atoms with Crippen LogP contribution in [0.15, 0.2) is 0 Å². The Bertz CT molecular complexity index is 125. The number of halogens is 1. The fourth-order valence-electron chi connectivity index (χ4n) is 0.444. The summed E-state index contributed by atoms with van der Waals surface area (Å²) in [6, 6.07) is 0. The van der Waals surface area contributed by atoms with Crippen LogP contribution in [0.1, 0.15) is 0 Å². The Morgan fingerprint density at radius 1 is 1.42 bits per heavy atom. The van der Waals surface area contributed by atoms with Crippen molar-refractivity contribution in [2.45, 2.75) is 0 Å². The van der Waals surface area contributed by atoms with E-state index in [9.17, 15) is 20.8 Å². The lowest BCUT2D eigenvalue weighted by atomic mass is 11.9. The summed E-state index contributed by atoms with van der Waals surface area (Å²) in [4.78, 5) is 7.42. The summed E-state index contributed by atoms with van der Waals surface area (Å²) in [7, 11) is 0. The van der Waals surface area contributed by atoms with Crippen molar-refractivity contribution in [1.29, 1.82) is 0 Å². The van der Waals surface area contributed by atoms with Gasteiger partial charge in [-0.3, -0.25) is 0 Å². The zero-order valence-corrected chi connectivity index (χ0v) is 7.51. The summed E-state index contributed by atoms with van der Waals surface area (Å²) in [5.74, 6) is 0. The van der Waals surface area contributed by atoms with E-state index in [2.05, 4.69) is 9.88 Å². The van der Waals surface area contributed by atoms with Crippen LogP contribution in [0.5, 0.6) is 0 Å². The minimum absolute atomic E-state index is 0. The summed E-state index contributed by atoms with van der Waals surface area (Å²) in [5.41, 5.74) is -0.193. The monoisotopic (exact) mass is 298 g/mol. The molecule has 11 nitrogen and oxygen atoms in total. The molecule has 0 saturated carbocycles. The minimum Gasteiger partial charge on any atom is -1.00 e. The summed E-state index contributed by atoms with van der Waals surface area (Å²) < 4.78 is 0. The summed E-state index contributed by atoms with van der Waals surface area (Å²) in [6.45, 7) is 0. The average molecular weight is 298 g/mol. The number of nitrogens with zero attached hydrogens (tertiary/aromatic N) is 1. The first-order valence-electron chi connectivity index (χ1n) is 2.37. The van der Waals surface area contributed by atoms with Crippen LogP contribution in [0.4, 0.5) is 0 Å². The second kappa shape index (κ2) is 5.11. The van der Waals surface area contributed by atoms with Gasteiger partial charge in [0.1, 0.15) is 0 Å². The molecule has 74 valence electrons. The van der Waals surface area contributed by atoms with Gasteiger partial charge in [0.05, 0.1) is 4.94 Å². The molecule has 3 atom stereocenters. The van der Waals surface area contributed by atoms with Crippen molar-refractivity contribution in [3.8, 4) is 0 Å². The van der Waals surface area contributed by atoms with Gasteiger partial charge in [-0.05, 0) is 0 Å². The molecule has 0 aliphatic carbocycles. The topological polar surface area (TPSA) is 144 Å². The molecule has 1 rings (SSSR count). The first-order chi connectivity index (χ1) is 5.16. The van der Waals surface area contributed by atoms with E-state index in [0.717, 1.165) is 0 Å². The maximum Gasteiger partial charge on any atom is 0.281 e. The van der Waals surface area contributed by atoms with Crippen LogP contribution in [0.2, 0.25) is 0 Å². The number of rotatable bonds is 3. The van der Waals surface area contributed by atoms with Crippen LogP contribution in [-0.2, 0) is 9.88 Å². The standard InChI is InChI=1S/HI.H5N5O6/c;6-1-10-3(7)2-4(8)11-5(2)9/h1H;3-5H,1H2/p-1. The number of nitrogens with two attached hydrogens (primary N) is 1.